The fourth-order valence-electron chi connectivity index (χ4n) is 1.39. The average molecular weight is 191 g/mol. The molecule has 0 aliphatic heterocycles. The molecule has 0 aliphatic carbocycles. The number of rotatable bonds is 2. The van der Waals surface area contributed by atoms with Gasteiger partial charge in [-0.25, -0.2) is 4.52 Å². The van der Waals surface area contributed by atoms with E-state index in [1.807, 2.05) is 12.4 Å². The van der Waals surface area contributed by atoms with E-state index >= 15 is 0 Å². The molecular formula is C10H13N3O. The highest BCUT2D eigenvalue weighted by atomic mass is 16.5. The minimum Gasteiger partial charge on any atom is -0.481 e. The predicted octanol–water partition coefficient (Wildman–Crippen LogP) is 1.86. The molecule has 0 fully saturated rings. The lowest BCUT2D eigenvalue weighted by Gasteiger charge is -2.02. The normalized spacial score (nSPS) is 11.1. The summed E-state index contributed by atoms with van der Waals surface area (Å²) in [5.74, 6) is 1.05. The molecule has 14 heavy (non-hydrogen) atoms. The third-order valence-corrected chi connectivity index (χ3v) is 2.20. The monoisotopic (exact) mass is 191 g/mol. The summed E-state index contributed by atoms with van der Waals surface area (Å²) in [5, 5.41) is 4.21. The topological polar surface area (TPSA) is 39.4 Å². The van der Waals surface area contributed by atoms with Gasteiger partial charge < -0.3 is 4.74 Å². The molecule has 0 saturated carbocycles. The summed E-state index contributed by atoms with van der Waals surface area (Å²) >= 11 is 0. The van der Waals surface area contributed by atoms with Gasteiger partial charge in [0.2, 0.25) is 5.88 Å². The summed E-state index contributed by atoms with van der Waals surface area (Å²) in [6.45, 7) is 4.25. The second kappa shape index (κ2) is 3.29. The smallest absolute Gasteiger partial charge is 0.216 e. The van der Waals surface area contributed by atoms with Crippen LogP contribution >= 0.6 is 0 Å². The van der Waals surface area contributed by atoms with Crippen molar-refractivity contribution in [3.8, 4) is 5.88 Å². The summed E-state index contributed by atoms with van der Waals surface area (Å²) in [6, 6.07) is 1.80. The van der Waals surface area contributed by atoms with Crippen molar-refractivity contribution < 1.29 is 4.74 Å². The molecule has 4 heteroatoms. The average Bonchev–Trinajstić information content (AvgIpc) is 2.59. The lowest BCUT2D eigenvalue weighted by Crippen LogP contribution is -1.95. The zero-order chi connectivity index (χ0) is 10.1. The van der Waals surface area contributed by atoms with E-state index in [2.05, 4.69) is 23.9 Å². The Kier molecular flexibility index (Phi) is 2.11. The SMILES string of the molecule is COc1ccn2ncc(C(C)C)c2n1. The van der Waals surface area contributed by atoms with E-state index in [1.165, 1.54) is 0 Å². The molecule has 0 spiro atoms. The van der Waals surface area contributed by atoms with Crippen LogP contribution in [0.2, 0.25) is 0 Å². The van der Waals surface area contributed by atoms with Gasteiger partial charge in [0.15, 0.2) is 5.65 Å². The molecular weight excluding hydrogens is 178 g/mol. The van der Waals surface area contributed by atoms with Gasteiger partial charge in [-0.15, -0.1) is 0 Å². The van der Waals surface area contributed by atoms with Gasteiger partial charge in [0.25, 0.3) is 0 Å². The molecule has 0 N–H and O–H groups in total. The first-order valence-corrected chi connectivity index (χ1v) is 4.60. The highest BCUT2D eigenvalue weighted by Crippen LogP contribution is 2.19. The van der Waals surface area contributed by atoms with Crippen LogP contribution < -0.4 is 4.74 Å². The van der Waals surface area contributed by atoms with Crippen molar-refractivity contribution in [2.75, 3.05) is 7.11 Å². The van der Waals surface area contributed by atoms with Gasteiger partial charge in [-0.1, -0.05) is 13.8 Å². The van der Waals surface area contributed by atoms with E-state index < -0.39 is 0 Å². The van der Waals surface area contributed by atoms with Gasteiger partial charge >= 0.3 is 0 Å². The quantitative estimate of drug-likeness (QED) is 0.727. The van der Waals surface area contributed by atoms with Gasteiger partial charge in [0, 0.05) is 17.8 Å². The van der Waals surface area contributed by atoms with E-state index in [0.717, 1.165) is 11.2 Å². The van der Waals surface area contributed by atoms with Gasteiger partial charge in [-0.05, 0) is 5.92 Å². The molecule has 0 atom stereocenters. The molecule has 2 aromatic heterocycles. The third-order valence-electron chi connectivity index (χ3n) is 2.20. The zero-order valence-corrected chi connectivity index (χ0v) is 8.56. The first-order valence-electron chi connectivity index (χ1n) is 4.60. The van der Waals surface area contributed by atoms with Crippen LogP contribution in [0.4, 0.5) is 0 Å². The summed E-state index contributed by atoms with van der Waals surface area (Å²) in [6.07, 6.45) is 3.71. The molecule has 4 nitrogen and oxygen atoms in total. The fraction of sp³-hybridized carbons (Fsp3) is 0.400. The zero-order valence-electron chi connectivity index (χ0n) is 8.56. The second-order valence-corrected chi connectivity index (χ2v) is 3.49. The van der Waals surface area contributed by atoms with Crippen LogP contribution in [-0.4, -0.2) is 21.7 Å². The Morgan fingerprint density at radius 3 is 2.86 bits per heavy atom. The van der Waals surface area contributed by atoms with Crippen LogP contribution in [0.1, 0.15) is 25.3 Å². The number of aromatic nitrogens is 3. The summed E-state index contributed by atoms with van der Waals surface area (Å²) in [5.41, 5.74) is 2.02. The number of hydrogen-bond donors (Lipinski definition) is 0. The predicted molar refractivity (Wildman–Crippen MR) is 53.6 cm³/mol. The number of ether oxygens (including phenoxy) is 1. The van der Waals surface area contributed by atoms with Crippen molar-refractivity contribution in [3.63, 3.8) is 0 Å². The Labute approximate surface area is 82.5 Å². The Morgan fingerprint density at radius 2 is 2.21 bits per heavy atom. The standard InChI is InChI=1S/C10H13N3O/c1-7(2)8-6-11-13-5-4-9(14-3)12-10(8)13/h4-7H,1-3H3. The van der Waals surface area contributed by atoms with Crippen molar-refractivity contribution in [2.24, 2.45) is 0 Å². The highest BCUT2D eigenvalue weighted by molar-refractivity contribution is 5.49. The van der Waals surface area contributed by atoms with Crippen LogP contribution in [-0.2, 0) is 0 Å². The van der Waals surface area contributed by atoms with Crippen LogP contribution in [0.15, 0.2) is 18.5 Å². The van der Waals surface area contributed by atoms with Crippen molar-refractivity contribution in [1.29, 1.82) is 0 Å². The fourth-order valence-corrected chi connectivity index (χ4v) is 1.39. The second-order valence-electron chi connectivity index (χ2n) is 3.49. The molecule has 2 rings (SSSR count). The Hall–Kier alpha value is -1.58. The van der Waals surface area contributed by atoms with Gasteiger partial charge in [0.1, 0.15) is 0 Å². The van der Waals surface area contributed by atoms with Crippen molar-refractivity contribution in [1.82, 2.24) is 14.6 Å². The molecule has 2 heterocycles. The van der Waals surface area contributed by atoms with E-state index in [9.17, 15) is 0 Å². The number of fused-ring (bicyclic) bond motifs is 1. The molecule has 0 saturated heterocycles. The largest absolute Gasteiger partial charge is 0.481 e. The lowest BCUT2D eigenvalue weighted by molar-refractivity contribution is 0.398. The van der Waals surface area contributed by atoms with Crippen LogP contribution in [0, 0.1) is 0 Å². The number of hydrogen-bond acceptors (Lipinski definition) is 3. The summed E-state index contributed by atoms with van der Waals surface area (Å²) in [4.78, 5) is 4.35. The van der Waals surface area contributed by atoms with Gasteiger partial charge in [-0.2, -0.15) is 10.1 Å². The number of nitrogens with zero attached hydrogens (tertiary/aromatic N) is 3. The minimum atomic E-state index is 0.423. The molecule has 74 valence electrons. The van der Waals surface area contributed by atoms with Crippen molar-refractivity contribution in [2.45, 2.75) is 19.8 Å². The lowest BCUT2D eigenvalue weighted by atomic mass is 10.1. The first-order chi connectivity index (χ1) is 6.72. The van der Waals surface area contributed by atoms with Crippen LogP contribution in [0.3, 0.4) is 0 Å². The van der Waals surface area contributed by atoms with Gasteiger partial charge in [0.05, 0.1) is 13.3 Å². The summed E-state index contributed by atoms with van der Waals surface area (Å²) < 4.78 is 6.84. The number of methoxy groups -OCH3 is 1. The maximum atomic E-state index is 5.07. The maximum Gasteiger partial charge on any atom is 0.216 e. The van der Waals surface area contributed by atoms with Crippen molar-refractivity contribution >= 4 is 5.65 Å². The summed E-state index contributed by atoms with van der Waals surface area (Å²) in [7, 11) is 1.62. The van der Waals surface area contributed by atoms with Crippen molar-refractivity contribution in [3.05, 3.63) is 24.0 Å². The van der Waals surface area contributed by atoms with Crippen LogP contribution in [0.5, 0.6) is 5.88 Å². The Morgan fingerprint density at radius 1 is 1.43 bits per heavy atom. The molecule has 0 unspecified atom stereocenters. The Bertz CT molecular complexity index is 448. The molecule has 0 bridgehead atoms. The van der Waals surface area contributed by atoms with E-state index in [1.54, 1.807) is 17.7 Å². The van der Waals surface area contributed by atoms with E-state index in [-0.39, 0.29) is 0 Å². The highest BCUT2D eigenvalue weighted by Gasteiger charge is 2.09. The van der Waals surface area contributed by atoms with Gasteiger partial charge in [-0.3, -0.25) is 0 Å². The van der Waals surface area contributed by atoms with E-state index in [0.29, 0.717) is 11.8 Å². The first kappa shape index (κ1) is 8.99. The van der Waals surface area contributed by atoms with Crippen LogP contribution in [0.25, 0.3) is 5.65 Å². The molecule has 0 amide bonds. The third kappa shape index (κ3) is 1.32. The molecule has 0 radical (unpaired) electrons. The van der Waals surface area contributed by atoms with E-state index in [4.69, 9.17) is 4.74 Å². The maximum absolute atomic E-state index is 5.07. The minimum absolute atomic E-state index is 0.423. The molecule has 0 aliphatic rings. The Balaban J connectivity index is 2.63. The molecule has 2 aromatic rings. The molecule has 0 aromatic carbocycles.